The van der Waals surface area contributed by atoms with Crippen LogP contribution in [0.1, 0.15) is 19.6 Å². The molecule has 2 aromatic rings. The summed E-state index contributed by atoms with van der Waals surface area (Å²) in [5.41, 5.74) is 0.667. The molecule has 2 rings (SSSR count). The average Bonchev–Trinajstić information content (AvgIpc) is 2.67. The highest BCUT2D eigenvalue weighted by molar-refractivity contribution is 6.44. The fraction of sp³-hybridized carbons (Fsp3) is 0.385. The molecule has 1 N–H and O–H groups in total. The van der Waals surface area contributed by atoms with Gasteiger partial charge in [-0.05, 0) is 30.7 Å². The van der Waals surface area contributed by atoms with Gasteiger partial charge in [-0.2, -0.15) is 0 Å². The largest absolute Gasteiger partial charge is 0.458 e. The third-order valence-electron chi connectivity index (χ3n) is 2.48. The molecule has 0 saturated heterocycles. The van der Waals surface area contributed by atoms with Crippen molar-refractivity contribution in [2.75, 3.05) is 6.54 Å². The molecular formula is C13H15Cl2NO. The Morgan fingerprint density at radius 1 is 1.29 bits per heavy atom. The lowest BCUT2D eigenvalue weighted by Crippen LogP contribution is -2.18. The van der Waals surface area contributed by atoms with Crippen LogP contribution in [0.15, 0.2) is 22.6 Å². The SMILES string of the molecule is CC(C)CNCc1cc2ccc(Cl)c(Cl)c2o1. The summed E-state index contributed by atoms with van der Waals surface area (Å²) >= 11 is 12.0. The minimum Gasteiger partial charge on any atom is -0.458 e. The molecule has 2 nitrogen and oxygen atoms in total. The molecule has 0 spiro atoms. The van der Waals surface area contributed by atoms with Crippen molar-refractivity contribution in [3.8, 4) is 0 Å². The Bertz CT molecular complexity index is 519. The second-order valence-corrected chi connectivity index (χ2v) is 5.30. The lowest BCUT2D eigenvalue weighted by molar-refractivity contribution is 0.485. The Balaban J connectivity index is 2.17. The Kier molecular flexibility index (Phi) is 3.97. The lowest BCUT2D eigenvalue weighted by atomic mass is 10.2. The first-order chi connectivity index (χ1) is 8.08. The molecule has 0 saturated carbocycles. The van der Waals surface area contributed by atoms with E-state index in [0.717, 1.165) is 17.7 Å². The highest BCUT2D eigenvalue weighted by Gasteiger charge is 2.09. The third-order valence-corrected chi connectivity index (χ3v) is 3.27. The van der Waals surface area contributed by atoms with Gasteiger partial charge in [-0.1, -0.05) is 37.0 Å². The molecular weight excluding hydrogens is 257 g/mol. The van der Waals surface area contributed by atoms with Gasteiger partial charge in [0.2, 0.25) is 0 Å². The average molecular weight is 272 g/mol. The number of hydrogen-bond acceptors (Lipinski definition) is 2. The predicted octanol–water partition coefficient (Wildman–Crippen LogP) is 4.49. The third kappa shape index (κ3) is 2.95. The summed E-state index contributed by atoms with van der Waals surface area (Å²) in [4.78, 5) is 0. The molecule has 0 amide bonds. The molecule has 0 radical (unpaired) electrons. The Morgan fingerprint density at radius 2 is 2.06 bits per heavy atom. The number of furan rings is 1. The van der Waals surface area contributed by atoms with Crippen molar-refractivity contribution in [2.45, 2.75) is 20.4 Å². The molecule has 0 atom stereocenters. The van der Waals surface area contributed by atoms with Crippen molar-refractivity contribution in [3.05, 3.63) is 34.0 Å². The van der Waals surface area contributed by atoms with Crippen molar-refractivity contribution < 1.29 is 4.42 Å². The maximum Gasteiger partial charge on any atom is 0.154 e. The molecule has 1 aromatic heterocycles. The highest BCUT2D eigenvalue weighted by Crippen LogP contribution is 2.32. The number of nitrogens with one attached hydrogen (secondary N) is 1. The molecule has 17 heavy (non-hydrogen) atoms. The van der Waals surface area contributed by atoms with Gasteiger partial charge >= 0.3 is 0 Å². The van der Waals surface area contributed by atoms with Crippen molar-refractivity contribution in [1.29, 1.82) is 0 Å². The molecule has 0 aliphatic rings. The van der Waals surface area contributed by atoms with Crippen LogP contribution < -0.4 is 5.32 Å². The van der Waals surface area contributed by atoms with Gasteiger partial charge in [0.05, 0.1) is 11.6 Å². The van der Waals surface area contributed by atoms with E-state index in [1.165, 1.54) is 0 Å². The van der Waals surface area contributed by atoms with E-state index in [9.17, 15) is 0 Å². The maximum absolute atomic E-state index is 6.08. The summed E-state index contributed by atoms with van der Waals surface area (Å²) in [6.07, 6.45) is 0. The van der Waals surface area contributed by atoms with Crippen LogP contribution in [0.3, 0.4) is 0 Å². The van der Waals surface area contributed by atoms with Gasteiger partial charge in [0.15, 0.2) is 5.58 Å². The summed E-state index contributed by atoms with van der Waals surface area (Å²) in [5.74, 6) is 1.50. The van der Waals surface area contributed by atoms with Crippen LogP contribution in [-0.4, -0.2) is 6.54 Å². The summed E-state index contributed by atoms with van der Waals surface area (Å²) in [5, 5.41) is 5.32. The standard InChI is InChI=1S/C13H15Cl2NO/c1-8(2)6-16-7-10-5-9-3-4-11(14)12(15)13(9)17-10/h3-5,8,16H,6-7H2,1-2H3. The van der Waals surface area contributed by atoms with Crippen LogP contribution in [0.4, 0.5) is 0 Å². The maximum atomic E-state index is 6.08. The van der Waals surface area contributed by atoms with E-state index in [0.29, 0.717) is 28.1 Å². The number of rotatable bonds is 4. The monoisotopic (exact) mass is 271 g/mol. The molecule has 92 valence electrons. The molecule has 1 aromatic carbocycles. The first-order valence-corrected chi connectivity index (χ1v) is 6.40. The quantitative estimate of drug-likeness (QED) is 0.887. The first-order valence-electron chi connectivity index (χ1n) is 5.65. The molecule has 0 aliphatic heterocycles. The van der Waals surface area contributed by atoms with Crippen LogP contribution in [0, 0.1) is 5.92 Å². The molecule has 0 fully saturated rings. The van der Waals surface area contributed by atoms with E-state index < -0.39 is 0 Å². The first kappa shape index (κ1) is 12.7. The van der Waals surface area contributed by atoms with E-state index in [2.05, 4.69) is 19.2 Å². The number of benzene rings is 1. The van der Waals surface area contributed by atoms with E-state index in [-0.39, 0.29) is 0 Å². The fourth-order valence-corrected chi connectivity index (χ4v) is 2.03. The fourth-order valence-electron chi connectivity index (χ4n) is 1.67. The van der Waals surface area contributed by atoms with Gasteiger partial charge in [0.1, 0.15) is 10.8 Å². The lowest BCUT2D eigenvalue weighted by Gasteiger charge is -2.04. The Hall–Kier alpha value is -0.700. The van der Waals surface area contributed by atoms with Crippen molar-refractivity contribution in [1.82, 2.24) is 5.32 Å². The molecule has 4 heteroatoms. The van der Waals surface area contributed by atoms with E-state index >= 15 is 0 Å². The van der Waals surface area contributed by atoms with Crippen LogP contribution in [-0.2, 0) is 6.54 Å². The Labute approximate surface area is 111 Å². The zero-order valence-electron chi connectivity index (χ0n) is 9.89. The smallest absolute Gasteiger partial charge is 0.154 e. The van der Waals surface area contributed by atoms with Gasteiger partial charge in [-0.3, -0.25) is 0 Å². The zero-order chi connectivity index (χ0) is 12.4. The Morgan fingerprint density at radius 3 is 2.76 bits per heavy atom. The van der Waals surface area contributed by atoms with Gasteiger partial charge < -0.3 is 9.73 Å². The summed E-state index contributed by atoms with van der Waals surface area (Å²) in [6, 6.07) is 5.69. The molecule has 1 heterocycles. The van der Waals surface area contributed by atoms with Crippen LogP contribution in [0.5, 0.6) is 0 Å². The highest BCUT2D eigenvalue weighted by atomic mass is 35.5. The van der Waals surface area contributed by atoms with Crippen LogP contribution in [0.2, 0.25) is 10.0 Å². The van der Waals surface area contributed by atoms with E-state index in [4.69, 9.17) is 27.6 Å². The van der Waals surface area contributed by atoms with Crippen molar-refractivity contribution in [2.24, 2.45) is 5.92 Å². The summed E-state index contributed by atoms with van der Waals surface area (Å²) < 4.78 is 5.68. The minimum atomic E-state index is 0.485. The van der Waals surface area contributed by atoms with Gasteiger partial charge in [0.25, 0.3) is 0 Å². The summed E-state index contributed by atoms with van der Waals surface area (Å²) in [7, 11) is 0. The van der Waals surface area contributed by atoms with Crippen molar-refractivity contribution in [3.63, 3.8) is 0 Å². The topological polar surface area (TPSA) is 25.2 Å². The number of hydrogen-bond donors (Lipinski definition) is 1. The second-order valence-electron chi connectivity index (χ2n) is 4.52. The van der Waals surface area contributed by atoms with Crippen LogP contribution >= 0.6 is 23.2 Å². The van der Waals surface area contributed by atoms with Gasteiger partial charge in [0, 0.05) is 5.39 Å². The molecule has 0 unspecified atom stereocenters. The minimum absolute atomic E-state index is 0.485. The van der Waals surface area contributed by atoms with Crippen LogP contribution in [0.25, 0.3) is 11.0 Å². The molecule has 0 bridgehead atoms. The normalized spacial score (nSPS) is 11.6. The second kappa shape index (κ2) is 5.30. The predicted molar refractivity (Wildman–Crippen MR) is 72.8 cm³/mol. The van der Waals surface area contributed by atoms with E-state index in [1.807, 2.05) is 12.1 Å². The van der Waals surface area contributed by atoms with Crippen molar-refractivity contribution >= 4 is 34.2 Å². The van der Waals surface area contributed by atoms with E-state index in [1.54, 1.807) is 6.07 Å². The zero-order valence-corrected chi connectivity index (χ0v) is 11.4. The molecule has 0 aliphatic carbocycles. The summed E-state index contributed by atoms with van der Waals surface area (Å²) in [6.45, 7) is 6.01. The van der Waals surface area contributed by atoms with Gasteiger partial charge in [-0.25, -0.2) is 0 Å². The number of halogens is 2. The number of fused-ring (bicyclic) bond motifs is 1. The van der Waals surface area contributed by atoms with Gasteiger partial charge in [-0.15, -0.1) is 0 Å².